The van der Waals surface area contributed by atoms with Crippen LogP contribution >= 0.6 is 11.3 Å². The van der Waals surface area contributed by atoms with Crippen LogP contribution in [0.25, 0.3) is 10.6 Å². The SMILES string of the molecule is CCNC(=O)CN1CCN(Cc2csc(-c3ccccc3)n2)CC1. The number of carbonyl (C=O) groups excluding carboxylic acids is 1. The summed E-state index contributed by atoms with van der Waals surface area (Å²) < 4.78 is 0. The van der Waals surface area contributed by atoms with Gasteiger partial charge in [0.2, 0.25) is 5.91 Å². The number of carbonyl (C=O) groups is 1. The highest BCUT2D eigenvalue weighted by Crippen LogP contribution is 2.24. The van der Waals surface area contributed by atoms with Gasteiger partial charge in [0, 0.05) is 50.2 Å². The molecule has 1 saturated heterocycles. The van der Waals surface area contributed by atoms with Crippen molar-refractivity contribution in [3.8, 4) is 10.6 Å². The summed E-state index contributed by atoms with van der Waals surface area (Å²) >= 11 is 1.70. The van der Waals surface area contributed by atoms with Gasteiger partial charge in [0.15, 0.2) is 0 Å². The standard InChI is InChI=1S/C18H24N4OS/c1-2-19-17(23)13-22-10-8-21(9-11-22)12-16-14-24-18(20-16)15-6-4-3-5-7-15/h3-7,14H,2,8-13H2,1H3,(H,19,23). The minimum atomic E-state index is 0.123. The van der Waals surface area contributed by atoms with Crippen molar-refractivity contribution < 1.29 is 4.79 Å². The molecule has 0 bridgehead atoms. The molecule has 3 rings (SSSR count). The molecule has 5 nitrogen and oxygen atoms in total. The molecule has 1 fully saturated rings. The molecule has 0 atom stereocenters. The van der Waals surface area contributed by atoms with Crippen LogP contribution in [0.15, 0.2) is 35.7 Å². The van der Waals surface area contributed by atoms with E-state index in [0.717, 1.165) is 43.4 Å². The molecule has 1 N–H and O–H groups in total. The summed E-state index contributed by atoms with van der Waals surface area (Å²) in [6.45, 7) is 7.89. The van der Waals surface area contributed by atoms with Crippen molar-refractivity contribution in [2.75, 3.05) is 39.3 Å². The summed E-state index contributed by atoms with van der Waals surface area (Å²) in [4.78, 5) is 21.0. The van der Waals surface area contributed by atoms with E-state index >= 15 is 0 Å². The summed E-state index contributed by atoms with van der Waals surface area (Å²) in [5.41, 5.74) is 2.32. The lowest BCUT2D eigenvalue weighted by Gasteiger charge is -2.33. The molecular formula is C18H24N4OS. The van der Waals surface area contributed by atoms with Crippen molar-refractivity contribution in [2.24, 2.45) is 0 Å². The van der Waals surface area contributed by atoms with Crippen LogP contribution < -0.4 is 5.32 Å². The Kier molecular flexibility index (Phi) is 5.96. The van der Waals surface area contributed by atoms with Gasteiger partial charge in [0.25, 0.3) is 0 Å². The van der Waals surface area contributed by atoms with Gasteiger partial charge in [-0.15, -0.1) is 11.3 Å². The molecule has 1 aliphatic rings. The second-order valence-electron chi connectivity index (χ2n) is 6.02. The van der Waals surface area contributed by atoms with Gasteiger partial charge in [-0.1, -0.05) is 30.3 Å². The van der Waals surface area contributed by atoms with Crippen LogP contribution in [0.3, 0.4) is 0 Å². The van der Waals surface area contributed by atoms with Crippen molar-refractivity contribution in [3.63, 3.8) is 0 Å². The number of likely N-dealkylation sites (N-methyl/N-ethyl adjacent to an activating group) is 1. The van der Waals surface area contributed by atoms with Crippen molar-refractivity contribution in [2.45, 2.75) is 13.5 Å². The molecule has 0 unspecified atom stereocenters. The predicted molar refractivity (Wildman–Crippen MR) is 98.0 cm³/mol. The molecule has 6 heteroatoms. The van der Waals surface area contributed by atoms with Gasteiger partial charge in [-0.2, -0.15) is 0 Å². The Hall–Kier alpha value is -1.76. The maximum atomic E-state index is 11.6. The fourth-order valence-electron chi connectivity index (χ4n) is 2.88. The lowest BCUT2D eigenvalue weighted by atomic mass is 10.2. The lowest BCUT2D eigenvalue weighted by molar-refractivity contribution is -0.122. The number of amides is 1. The molecule has 0 saturated carbocycles. The second kappa shape index (κ2) is 8.37. The number of benzene rings is 1. The van der Waals surface area contributed by atoms with Crippen molar-refractivity contribution in [3.05, 3.63) is 41.4 Å². The zero-order valence-corrected chi connectivity index (χ0v) is 14.9. The number of aromatic nitrogens is 1. The van der Waals surface area contributed by atoms with E-state index in [1.54, 1.807) is 11.3 Å². The van der Waals surface area contributed by atoms with E-state index in [0.29, 0.717) is 13.1 Å². The quantitative estimate of drug-likeness (QED) is 0.871. The topological polar surface area (TPSA) is 48.5 Å². The van der Waals surface area contributed by atoms with Gasteiger partial charge in [-0.3, -0.25) is 14.6 Å². The van der Waals surface area contributed by atoms with Crippen LogP contribution in [0.2, 0.25) is 0 Å². The van der Waals surface area contributed by atoms with Gasteiger partial charge in [-0.25, -0.2) is 4.98 Å². The summed E-state index contributed by atoms with van der Waals surface area (Å²) in [5, 5.41) is 6.10. The average Bonchev–Trinajstić information content (AvgIpc) is 3.06. The smallest absolute Gasteiger partial charge is 0.234 e. The average molecular weight is 344 g/mol. The van der Waals surface area contributed by atoms with Crippen LogP contribution in [-0.2, 0) is 11.3 Å². The minimum absolute atomic E-state index is 0.123. The Morgan fingerprint density at radius 3 is 2.58 bits per heavy atom. The van der Waals surface area contributed by atoms with E-state index < -0.39 is 0 Å². The molecule has 0 radical (unpaired) electrons. The van der Waals surface area contributed by atoms with Crippen LogP contribution in [0.5, 0.6) is 0 Å². The first kappa shape index (κ1) is 17.1. The maximum absolute atomic E-state index is 11.6. The fraction of sp³-hybridized carbons (Fsp3) is 0.444. The van der Waals surface area contributed by atoms with E-state index in [-0.39, 0.29) is 5.91 Å². The van der Waals surface area contributed by atoms with Crippen LogP contribution in [0.4, 0.5) is 0 Å². The van der Waals surface area contributed by atoms with Crippen LogP contribution in [-0.4, -0.2) is 60.0 Å². The highest BCUT2D eigenvalue weighted by Gasteiger charge is 2.19. The molecule has 2 heterocycles. The number of thiazole rings is 1. The Labute approximate surface area is 147 Å². The van der Waals surface area contributed by atoms with Gasteiger partial charge in [0.05, 0.1) is 12.2 Å². The Morgan fingerprint density at radius 2 is 1.88 bits per heavy atom. The summed E-state index contributed by atoms with van der Waals surface area (Å²) in [5.74, 6) is 0.123. The van der Waals surface area contributed by atoms with Crippen LogP contribution in [0, 0.1) is 0 Å². The maximum Gasteiger partial charge on any atom is 0.234 e. The number of hydrogen-bond donors (Lipinski definition) is 1. The molecule has 1 aromatic carbocycles. The third-order valence-corrected chi connectivity index (χ3v) is 5.10. The van der Waals surface area contributed by atoms with Gasteiger partial charge >= 0.3 is 0 Å². The zero-order valence-electron chi connectivity index (χ0n) is 14.1. The first-order chi connectivity index (χ1) is 11.7. The van der Waals surface area contributed by atoms with Crippen LogP contribution in [0.1, 0.15) is 12.6 Å². The first-order valence-electron chi connectivity index (χ1n) is 8.46. The molecular weight excluding hydrogens is 320 g/mol. The minimum Gasteiger partial charge on any atom is -0.355 e. The number of rotatable bonds is 6. The van der Waals surface area contributed by atoms with E-state index in [1.165, 1.54) is 5.56 Å². The molecule has 1 aromatic heterocycles. The number of nitrogens with one attached hydrogen (secondary N) is 1. The molecule has 2 aromatic rings. The summed E-state index contributed by atoms with van der Waals surface area (Å²) in [6, 6.07) is 10.3. The van der Waals surface area contributed by atoms with Crippen molar-refractivity contribution in [1.82, 2.24) is 20.1 Å². The van der Waals surface area contributed by atoms with Crippen molar-refractivity contribution >= 4 is 17.2 Å². The largest absolute Gasteiger partial charge is 0.355 e. The normalized spacial score (nSPS) is 16.2. The molecule has 1 aliphatic heterocycles. The third-order valence-electron chi connectivity index (χ3n) is 4.16. The number of hydrogen-bond acceptors (Lipinski definition) is 5. The highest BCUT2D eigenvalue weighted by molar-refractivity contribution is 7.13. The van der Waals surface area contributed by atoms with E-state index in [2.05, 4.69) is 32.6 Å². The molecule has 24 heavy (non-hydrogen) atoms. The second-order valence-corrected chi connectivity index (χ2v) is 6.87. The Morgan fingerprint density at radius 1 is 1.17 bits per heavy atom. The van der Waals surface area contributed by atoms with Crippen molar-refractivity contribution in [1.29, 1.82) is 0 Å². The molecule has 1 amide bonds. The third kappa shape index (κ3) is 4.63. The van der Waals surface area contributed by atoms with Gasteiger partial charge in [0.1, 0.15) is 5.01 Å². The summed E-state index contributed by atoms with van der Waals surface area (Å²) in [7, 11) is 0. The predicted octanol–water partition coefficient (Wildman–Crippen LogP) is 2.06. The molecule has 128 valence electrons. The number of piperazine rings is 1. The Bertz CT molecular complexity index is 650. The molecule has 0 aliphatic carbocycles. The van der Waals surface area contributed by atoms with E-state index in [1.807, 2.05) is 25.1 Å². The van der Waals surface area contributed by atoms with Gasteiger partial charge < -0.3 is 5.32 Å². The van der Waals surface area contributed by atoms with E-state index in [9.17, 15) is 4.79 Å². The zero-order chi connectivity index (χ0) is 16.8. The Balaban J connectivity index is 1.48. The van der Waals surface area contributed by atoms with E-state index in [4.69, 9.17) is 4.98 Å². The lowest BCUT2D eigenvalue weighted by Crippen LogP contribution is -2.49. The fourth-order valence-corrected chi connectivity index (χ4v) is 3.70. The first-order valence-corrected chi connectivity index (χ1v) is 9.34. The highest BCUT2D eigenvalue weighted by atomic mass is 32.1. The molecule has 0 spiro atoms. The number of nitrogens with zero attached hydrogens (tertiary/aromatic N) is 3. The summed E-state index contributed by atoms with van der Waals surface area (Å²) in [6.07, 6.45) is 0. The van der Waals surface area contributed by atoms with Gasteiger partial charge in [-0.05, 0) is 6.92 Å². The monoisotopic (exact) mass is 344 g/mol.